The number of carbonyl (C=O) groups is 2. The predicted octanol–water partition coefficient (Wildman–Crippen LogP) is 3.85. The van der Waals surface area contributed by atoms with Crippen molar-refractivity contribution in [2.24, 2.45) is 11.3 Å². The zero-order valence-electron chi connectivity index (χ0n) is 12.7. The number of carboxylic acids is 1. The van der Waals surface area contributed by atoms with E-state index in [1.165, 1.54) is 22.7 Å². The topological polar surface area (TPSA) is 70.5 Å². The van der Waals surface area contributed by atoms with Crippen molar-refractivity contribution < 1.29 is 14.7 Å². The summed E-state index contributed by atoms with van der Waals surface area (Å²) < 4.78 is 0.684. The lowest BCUT2D eigenvalue weighted by molar-refractivity contribution is -0.149. The Balaban J connectivity index is 1.55. The van der Waals surface area contributed by atoms with Gasteiger partial charge in [-0.3, -0.25) is 9.59 Å². The number of likely N-dealkylation sites (tertiary alicyclic amines) is 1. The summed E-state index contributed by atoms with van der Waals surface area (Å²) in [5.74, 6) is -0.879. The number of hydrogen-bond donors (Lipinski definition) is 1. The minimum absolute atomic E-state index is 0.0631. The summed E-state index contributed by atoms with van der Waals surface area (Å²) in [5, 5.41) is 12.1. The molecule has 1 N–H and O–H groups in total. The molecule has 1 aliphatic heterocycles. The number of fused-ring (bicyclic) bond motifs is 1. The van der Waals surface area contributed by atoms with E-state index in [0.717, 1.165) is 22.7 Å². The van der Waals surface area contributed by atoms with Crippen LogP contribution < -0.4 is 0 Å². The Hall–Kier alpha value is -1.44. The molecule has 0 spiro atoms. The van der Waals surface area contributed by atoms with Gasteiger partial charge in [-0.2, -0.15) is 0 Å². The van der Waals surface area contributed by atoms with Gasteiger partial charge in [0.2, 0.25) is 0 Å². The van der Waals surface area contributed by atoms with Gasteiger partial charge in [-0.15, -0.1) is 22.7 Å². The Morgan fingerprint density at radius 2 is 2.25 bits per heavy atom. The van der Waals surface area contributed by atoms with Crippen LogP contribution in [-0.4, -0.2) is 40.0 Å². The van der Waals surface area contributed by atoms with Crippen molar-refractivity contribution in [3.8, 4) is 9.88 Å². The Morgan fingerprint density at radius 1 is 1.42 bits per heavy atom. The number of thiazole rings is 1. The third kappa shape index (κ3) is 2.46. The lowest BCUT2D eigenvalue weighted by Gasteiger charge is -2.23. The molecule has 0 aromatic carbocycles. The van der Waals surface area contributed by atoms with Gasteiger partial charge < -0.3 is 10.0 Å². The molecule has 5 nitrogen and oxygen atoms in total. The van der Waals surface area contributed by atoms with E-state index in [4.69, 9.17) is 11.6 Å². The van der Waals surface area contributed by atoms with Gasteiger partial charge in [0.15, 0.2) is 0 Å². The van der Waals surface area contributed by atoms with Crippen LogP contribution in [-0.2, 0) is 4.79 Å². The van der Waals surface area contributed by atoms with Crippen LogP contribution in [0.2, 0.25) is 4.34 Å². The Labute approximate surface area is 151 Å². The smallest absolute Gasteiger partial charge is 0.311 e. The van der Waals surface area contributed by atoms with E-state index in [2.05, 4.69) is 4.98 Å². The maximum Gasteiger partial charge on any atom is 0.311 e. The molecule has 2 aromatic rings. The highest BCUT2D eigenvalue weighted by atomic mass is 35.5. The molecule has 126 valence electrons. The SMILES string of the molecule is O=C(c1csc(-c2ccc(Cl)s2)n1)N1C[C@@H]2CCC[C@@]2(C(=O)O)C1. The number of carboxylic acid groups (broad SMARTS) is 1. The number of rotatable bonds is 3. The second kappa shape index (κ2) is 5.82. The molecule has 4 rings (SSSR count). The number of nitrogens with zero attached hydrogens (tertiary/aromatic N) is 2. The third-order valence-corrected chi connectivity index (χ3v) is 7.33. The highest BCUT2D eigenvalue weighted by Crippen LogP contribution is 2.49. The lowest BCUT2D eigenvalue weighted by atomic mass is 9.81. The normalized spacial score (nSPS) is 25.9. The average Bonchev–Trinajstić information content (AvgIpc) is 3.28. The van der Waals surface area contributed by atoms with Crippen molar-refractivity contribution in [3.63, 3.8) is 0 Å². The second-order valence-corrected chi connectivity index (χ2v) is 8.95. The fourth-order valence-electron chi connectivity index (χ4n) is 3.87. The van der Waals surface area contributed by atoms with Crippen LogP contribution in [0, 0.1) is 11.3 Å². The van der Waals surface area contributed by atoms with Crippen molar-refractivity contribution in [3.05, 3.63) is 27.5 Å². The molecule has 1 saturated heterocycles. The van der Waals surface area contributed by atoms with Gasteiger partial charge in [-0.1, -0.05) is 18.0 Å². The molecule has 3 heterocycles. The maximum atomic E-state index is 12.7. The van der Waals surface area contributed by atoms with Gasteiger partial charge in [0.05, 0.1) is 14.6 Å². The van der Waals surface area contributed by atoms with E-state index < -0.39 is 11.4 Å². The number of halogens is 1. The number of thiophene rings is 1. The molecule has 0 unspecified atom stereocenters. The molecule has 8 heteroatoms. The Bertz CT molecular complexity index is 818. The highest BCUT2D eigenvalue weighted by molar-refractivity contribution is 7.23. The number of carbonyl (C=O) groups excluding carboxylic acids is 1. The molecule has 2 aliphatic rings. The van der Waals surface area contributed by atoms with Gasteiger partial charge in [0.1, 0.15) is 10.7 Å². The zero-order valence-corrected chi connectivity index (χ0v) is 15.1. The zero-order chi connectivity index (χ0) is 16.9. The van der Waals surface area contributed by atoms with Gasteiger partial charge in [0.25, 0.3) is 5.91 Å². The molecule has 0 bridgehead atoms. The first-order valence-electron chi connectivity index (χ1n) is 7.73. The fraction of sp³-hybridized carbons (Fsp3) is 0.438. The van der Waals surface area contributed by atoms with Crippen LogP contribution in [0.15, 0.2) is 17.5 Å². The molecule has 1 amide bonds. The first kappa shape index (κ1) is 16.1. The Morgan fingerprint density at radius 3 is 2.92 bits per heavy atom. The summed E-state index contributed by atoms with van der Waals surface area (Å²) in [7, 11) is 0. The number of aliphatic carboxylic acids is 1. The van der Waals surface area contributed by atoms with E-state index >= 15 is 0 Å². The van der Waals surface area contributed by atoms with E-state index in [-0.39, 0.29) is 11.8 Å². The van der Waals surface area contributed by atoms with E-state index in [0.29, 0.717) is 29.5 Å². The molecular weight excluding hydrogens is 368 g/mol. The summed E-state index contributed by atoms with van der Waals surface area (Å²) >= 11 is 8.78. The van der Waals surface area contributed by atoms with Crippen LogP contribution >= 0.6 is 34.3 Å². The summed E-state index contributed by atoms with van der Waals surface area (Å²) in [6.07, 6.45) is 2.47. The lowest BCUT2D eigenvalue weighted by Crippen LogP contribution is -2.37. The largest absolute Gasteiger partial charge is 0.481 e. The second-order valence-electron chi connectivity index (χ2n) is 6.38. The first-order chi connectivity index (χ1) is 11.5. The van der Waals surface area contributed by atoms with E-state index in [9.17, 15) is 14.7 Å². The van der Waals surface area contributed by atoms with Crippen molar-refractivity contribution in [1.29, 1.82) is 0 Å². The van der Waals surface area contributed by atoms with Crippen molar-refractivity contribution in [1.82, 2.24) is 9.88 Å². The number of hydrogen-bond acceptors (Lipinski definition) is 5. The van der Waals surface area contributed by atoms with Crippen LogP contribution in [0.1, 0.15) is 29.8 Å². The van der Waals surface area contributed by atoms with Gasteiger partial charge >= 0.3 is 5.97 Å². The summed E-state index contributed by atoms with van der Waals surface area (Å²) in [6.45, 7) is 0.812. The maximum absolute atomic E-state index is 12.7. The van der Waals surface area contributed by atoms with Crippen molar-refractivity contribution in [2.45, 2.75) is 19.3 Å². The molecular formula is C16H15ClN2O3S2. The summed E-state index contributed by atoms with van der Waals surface area (Å²) in [6, 6.07) is 3.70. The number of aromatic nitrogens is 1. The minimum atomic E-state index is -0.771. The third-order valence-electron chi connectivity index (χ3n) is 5.09. The molecule has 2 fully saturated rings. The van der Waals surface area contributed by atoms with E-state index in [1.54, 1.807) is 10.3 Å². The molecule has 1 aliphatic carbocycles. The molecule has 24 heavy (non-hydrogen) atoms. The number of amides is 1. The fourth-order valence-corrected chi connectivity index (χ4v) is 5.78. The Kier molecular flexibility index (Phi) is 3.89. The van der Waals surface area contributed by atoms with Crippen LogP contribution in [0.5, 0.6) is 0 Å². The molecule has 2 atom stereocenters. The molecule has 2 aromatic heterocycles. The van der Waals surface area contributed by atoms with Crippen molar-refractivity contribution in [2.75, 3.05) is 13.1 Å². The molecule has 0 radical (unpaired) electrons. The minimum Gasteiger partial charge on any atom is -0.481 e. The van der Waals surface area contributed by atoms with Crippen molar-refractivity contribution >= 4 is 46.2 Å². The van der Waals surface area contributed by atoms with Crippen LogP contribution in [0.3, 0.4) is 0 Å². The summed E-state index contributed by atoms with van der Waals surface area (Å²) in [4.78, 5) is 31.5. The van der Waals surface area contributed by atoms with Crippen LogP contribution in [0.4, 0.5) is 0 Å². The standard InChI is InChI=1S/C16H15ClN2O3S2/c17-12-4-3-11(24-12)13-18-10(7-23-13)14(20)19-6-9-2-1-5-16(9,8-19)15(21)22/h3-4,7,9H,1-2,5-6,8H2,(H,21,22)/t9-,16+/m0/s1. The van der Waals surface area contributed by atoms with Gasteiger partial charge in [0, 0.05) is 18.5 Å². The monoisotopic (exact) mass is 382 g/mol. The quantitative estimate of drug-likeness (QED) is 0.875. The average molecular weight is 383 g/mol. The summed E-state index contributed by atoms with van der Waals surface area (Å²) in [5.41, 5.74) is -0.365. The molecule has 1 saturated carbocycles. The highest BCUT2D eigenvalue weighted by Gasteiger charge is 2.55. The first-order valence-corrected chi connectivity index (χ1v) is 9.81. The van der Waals surface area contributed by atoms with Crippen LogP contribution in [0.25, 0.3) is 9.88 Å². The predicted molar refractivity (Wildman–Crippen MR) is 93.8 cm³/mol. The van der Waals surface area contributed by atoms with Gasteiger partial charge in [-0.25, -0.2) is 4.98 Å². The van der Waals surface area contributed by atoms with E-state index in [1.807, 2.05) is 12.1 Å². The van der Waals surface area contributed by atoms with Gasteiger partial charge in [-0.05, 0) is 30.9 Å².